The monoisotopic (exact) mass is 517 g/mol. The molecular formula is C28H29AsClN3. The number of fused-ring (bicyclic) bond motifs is 1. The van der Waals surface area contributed by atoms with Gasteiger partial charge in [-0.1, -0.05) is 42.5 Å². The van der Waals surface area contributed by atoms with Crippen LogP contribution in [0.15, 0.2) is 85.1 Å². The van der Waals surface area contributed by atoms with Gasteiger partial charge in [-0.15, -0.1) is 0 Å². The fraction of sp³-hybridized carbons (Fsp3) is 0.286. The van der Waals surface area contributed by atoms with E-state index in [1.807, 2.05) is 6.07 Å². The molecule has 2 aliphatic rings. The number of hydrogen-bond donors (Lipinski definition) is 0. The third-order valence-electron chi connectivity index (χ3n) is 6.63. The first-order valence-electron chi connectivity index (χ1n) is 11.7. The van der Waals surface area contributed by atoms with Crippen LogP contribution in [0.2, 0.25) is 5.02 Å². The van der Waals surface area contributed by atoms with E-state index in [0.717, 1.165) is 50.7 Å². The van der Waals surface area contributed by atoms with Gasteiger partial charge in [-0.3, -0.25) is 0 Å². The minimum atomic E-state index is 0.384. The zero-order valence-corrected chi connectivity index (χ0v) is 21.4. The summed E-state index contributed by atoms with van der Waals surface area (Å²) in [6.45, 7) is 6.53. The molecule has 0 aromatic heterocycles. The van der Waals surface area contributed by atoms with Crippen molar-refractivity contribution in [1.82, 2.24) is 4.90 Å². The molecule has 0 spiro atoms. The summed E-state index contributed by atoms with van der Waals surface area (Å²) in [6, 6.07) is 25.8. The molecular weight excluding hydrogens is 489 g/mol. The van der Waals surface area contributed by atoms with Gasteiger partial charge in [0.2, 0.25) is 0 Å². The van der Waals surface area contributed by atoms with E-state index in [-0.39, 0.29) is 0 Å². The zero-order valence-electron chi connectivity index (χ0n) is 18.8. The average molecular weight is 518 g/mol. The van der Waals surface area contributed by atoms with Gasteiger partial charge in [-0.2, -0.15) is 0 Å². The summed E-state index contributed by atoms with van der Waals surface area (Å²) in [4.78, 5) is 7.48. The maximum absolute atomic E-state index is 6.29. The number of allylic oxidation sites excluding steroid dienone is 1. The number of anilines is 2. The van der Waals surface area contributed by atoms with E-state index < -0.39 is 0 Å². The van der Waals surface area contributed by atoms with Crippen molar-refractivity contribution in [2.24, 2.45) is 0 Å². The Labute approximate surface area is 211 Å². The van der Waals surface area contributed by atoms with Crippen LogP contribution in [-0.4, -0.2) is 61.0 Å². The van der Waals surface area contributed by atoms with Crippen LogP contribution in [0.25, 0.3) is 11.1 Å². The molecule has 1 saturated heterocycles. The molecule has 2 radical (unpaired) electrons. The molecule has 1 fully saturated rings. The Hall–Kier alpha value is -2.19. The number of piperazine rings is 1. The molecule has 5 rings (SSSR count). The van der Waals surface area contributed by atoms with Gasteiger partial charge in [0.15, 0.2) is 0 Å². The Morgan fingerprint density at radius 3 is 2.42 bits per heavy atom. The van der Waals surface area contributed by atoms with Crippen LogP contribution in [0.4, 0.5) is 11.4 Å². The second-order valence-corrected chi connectivity index (χ2v) is 10.4. The van der Waals surface area contributed by atoms with Crippen LogP contribution in [-0.2, 0) is 0 Å². The molecule has 1 unspecified atom stereocenters. The van der Waals surface area contributed by atoms with Crippen molar-refractivity contribution in [1.29, 1.82) is 0 Å². The molecule has 0 saturated carbocycles. The van der Waals surface area contributed by atoms with Gasteiger partial charge in [0.25, 0.3) is 0 Å². The fourth-order valence-electron chi connectivity index (χ4n) is 4.79. The van der Waals surface area contributed by atoms with Gasteiger partial charge < -0.3 is 0 Å². The van der Waals surface area contributed by atoms with E-state index in [2.05, 4.69) is 111 Å². The minimum absolute atomic E-state index is 0.384. The third-order valence-corrected chi connectivity index (χ3v) is 7.81. The number of nitrogens with zero attached hydrogens (tertiary/aromatic N) is 3. The standard InChI is InChI=1S/C28H29AsClN3/c29-27-12-15-33(28-21-24(30)10-11-26(27)28)14-5-13-31-16-18-32(19-17-31)25-9-4-8-23(20-25)22-6-2-1-3-7-22/h1-4,6-12,15,20-21,27H,5,13-14,16-19H2. The molecule has 0 amide bonds. The summed E-state index contributed by atoms with van der Waals surface area (Å²) in [6.07, 6.45) is 5.63. The topological polar surface area (TPSA) is 9.72 Å². The molecule has 0 bridgehead atoms. The Morgan fingerprint density at radius 2 is 1.61 bits per heavy atom. The summed E-state index contributed by atoms with van der Waals surface area (Å²) in [5, 5.41) is 0.807. The molecule has 0 N–H and O–H groups in total. The number of hydrogen-bond acceptors (Lipinski definition) is 3. The van der Waals surface area contributed by atoms with Crippen LogP contribution in [0.1, 0.15) is 16.7 Å². The molecule has 168 valence electrons. The molecule has 33 heavy (non-hydrogen) atoms. The van der Waals surface area contributed by atoms with Crippen molar-refractivity contribution in [2.45, 2.75) is 11.1 Å². The van der Waals surface area contributed by atoms with Crippen molar-refractivity contribution in [3.05, 3.63) is 95.7 Å². The van der Waals surface area contributed by atoms with Crippen LogP contribution in [0.5, 0.6) is 0 Å². The van der Waals surface area contributed by atoms with E-state index in [1.165, 1.54) is 28.1 Å². The molecule has 2 heterocycles. The Balaban J connectivity index is 1.13. The van der Waals surface area contributed by atoms with Gasteiger partial charge in [-0.25, -0.2) is 0 Å². The second kappa shape index (κ2) is 10.4. The van der Waals surface area contributed by atoms with E-state index in [1.54, 1.807) is 0 Å². The fourth-order valence-corrected chi connectivity index (χ4v) is 5.57. The molecule has 3 aromatic carbocycles. The van der Waals surface area contributed by atoms with Crippen molar-refractivity contribution < 1.29 is 0 Å². The predicted molar refractivity (Wildman–Crippen MR) is 142 cm³/mol. The summed E-state index contributed by atoms with van der Waals surface area (Å²) >= 11 is 9.03. The van der Waals surface area contributed by atoms with E-state index in [4.69, 9.17) is 11.6 Å². The van der Waals surface area contributed by atoms with Crippen molar-refractivity contribution >= 4 is 39.8 Å². The van der Waals surface area contributed by atoms with E-state index in [0.29, 0.717) is 4.71 Å². The maximum atomic E-state index is 6.29. The van der Waals surface area contributed by atoms with Gasteiger partial charge >= 0.3 is 146 Å². The van der Waals surface area contributed by atoms with Gasteiger partial charge in [0.05, 0.1) is 0 Å². The van der Waals surface area contributed by atoms with E-state index in [9.17, 15) is 0 Å². The Bertz CT molecular complexity index is 1110. The molecule has 3 aromatic rings. The molecule has 2 aliphatic heterocycles. The van der Waals surface area contributed by atoms with Crippen LogP contribution < -0.4 is 9.80 Å². The second-order valence-electron chi connectivity index (χ2n) is 8.78. The van der Waals surface area contributed by atoms with Gasteiger partial charge in [0.1, 0.15) is 0 Å². The van der Waals surface area contributed by atoms with Crippen LogP contribution >= 0.6 is 11.6 Å². The quantitative estimate of drug-likeness (QED) is 0.385. The van der Waals surface area contributed by atoms with Crippen molar-refractivity contribution in [2.75, 3.05) is 49.1 Å². The van der Waals surface area contributed by atoms with Crippen molar-refractivity contribution in [3.8, 4) is 11.1 Å². The first-order valence-corrected chi connectivity index (χ1v) is 13.2. The van der Waals surface area contributed by atoms with Crippen LogP contribution in [0.3, 0.4) is 0 Å². The average Bonchev–Trinajstić information content (AvgIpc) is 2.86. The van der Waals surface area contributed by atoms with Crippen LogP contribution in [0, 0.1) is 0 Å². The molecule has 5 heteroatoms. The normalized spacial score (nSPS) is 18.4. The third kappa shape index (κ3) is 5.32. The Morgan fingerprint density at radius 1 is 0.818 bits per heavy atom. The van der Waals surface area contributed by atoms with Gasteiger partial charge in [0, 0.05) is 0 Å². The molecule has 0 aliphatic carbocycles. The molecule has 1 atom stereocenters. The van der Waals surface area contributed by atoms with Crippen molar-refractivity contribution in [3.63, 3.8) is 0 Å². The number of halogens is 1. The Kier molecular flexibility index (Phi) is 7.11. The number of rotatable bonds is 6. The number of benzene rings is 3. The van der Waals surface area contributed by atoms with Gasteiger partial charge in [-0.05, 0) is 23.3 Å². The first-order chi connectivity index (χ1) is 16.2. The summed E-state index contributed by atoms with van der Waals surface area (Å²) < 4.78 is 0.384. The summed E-state index contributed by atoms with van der Waals surface area (Å²) in [5.41, 5.74) is 6.49. The summed E-state index contributed by atoms with van der Waals surface area (Å²) in [5.74, 6) is 0. The SMILES string of the molecule is Clc1ccc2c(c1)N(CCCN1CCN(c3cccc(-c4ccccc4)c3)CC1)C=CC2[As]. The summed E-state index contributed by atoms with van der Waals surface area (Å²) in [7, 11) is 0. The van der Waals surface area contributed by atoms with E-state index >= 15 is 0 Å². The zero-order chi connectivity index (χ0) is 22.6. The first kappa shape index (κ1) is 22.6. The predicted octanol–water partition coefficient (Wildman–Crippen LogP) is 5.76. The molecule has 3 nitrogen and oxygen atoms in total.